The Labute approximate surface area is 97.4 Å². The van der Waals surface area contributed by atoms with Crippen molar-refractivity contribution in [2.24, 2.45) is 5.92 Å². The van der Waals surface area contributed by atoms with E-state index in [2.05, 4.69) is 15.3 Å². The predicted octanol–water partition coefficient (Wildman–Crippen LogP) is 1.70. The molecule has 5 nitrogen and oxygen atoms in total. The summed E-state index contributed by atoms with van der Waals surface area (Å²) in [5, 5.41) is 12.6. The van der Waals surface area contributed by atoms with Crippen LogP contribution in [-0.2, 0) is 11.3 Å². The van der Waals surface area contributed by atoms with E-state index in [1.54, 1.807) is 16.6 Å². The van der Waals surface area contributed by atoms with Gasteiger partial charge in [-0.1, -0.05) is 11.6 Å². The molecule has 0 atom stereocenters. The summed E-state index contributed by atoms with van der Waals surface area (Å²) in [6, 6.07) is 3.48. The molecule has 0 saturated heterocycles. The minimum absolute atomic E-state index is 0.427. The molecule has 0 unspecified atom stereocenters. The standard InChI is InChI=1S/C10H11ClN4O/c11-8-3-4-9-12-13-10(15(9)14-8)6-16-5-7-1-2-7/h3-4,7H,1-2,5-6H2. The average Bonchev–Trinajstić information content (AvgIpc) is 3.01. The number of nitrogens with zero attached hydrogens (tertiary/aromatic N) is 4. The van der Waals surface area contributed by atoms with E-state index in [1.807, 2.05) is 0 Å². The molecule has 1 fully saturated rings. The molecule has 0 spiro atoms. The van der Waals surface area contributed by atoms with Crippen molar-refractivity contribution in [1.82, 2.24) is 19.8 Å². The minimum atomic E-state index is 0.427. The van der Waals surface area contributed by atoms with E-state index in [1.165, 1.54) is 12.8 Å². The molecule has 0 bridgehead atoms. The van der Waals surface area contributed by atoms with E-state index in [-0.39, 0.29) is 0 Å². The summed E-state index contributed by atoms with van der Waals surface area (Å²) in [7, 11) is 0. The number of fused-ring (bicyclic) bond motifs is 1. The van der Waals surface area contributed by atoms with Crippen molar-refractivity contribution < 1.29 is 4.74 Å². The van der Waals surface area contributed by atoms with Crippen LogP contribution in [0.5, 0.6) is 0 Å². The Morgan fingerprint density at radius 2 is 2.25 bits per heavy atom. The van der Waals surface area contributed by atoms with Crippen LogP contribution >= 0.6 is 11.6 Å². The van der Waals surface area contributed by atoms with Gasteiger partial charge in [0.15, 0.2) is 11.5 Å². The first-order valence-corrected chi connectivity index (χ1v) is 5.65. The Morgan fingerprint density at radius 3 is 3.06 bits per heavy atom. The third-order valence-corrected chi connectivity index (χ3v) is 2.78. The van der Waals surface area contributed by atoms with E-state index in [0.717, 1.165) is 12.5 Å². The molecule has 2 aromatic heterocycles. The third-order valence-electron chi connectivity index (χ3n) is 2.58. The van der Waals surface area contributed by atoms with Crippen molar-refractivity contribution in [3.63, 3.8) is 0 Å². The SMILES string of the molecule is Clc1ccc2nnc(COCC3CC3)n2n1. The molecule has 16 heavy (non-hydrogen) atoms. The van der Waals surface area contributed by atoms with Gasteiger partial charge in [-0.2, -0.15) is 9.61 Å². The van der Waals surface area contributed by atoms with Gasteiger partial charge in [0.1, 0.15) is 11.8 Å². The van der Waals surface area contributed by atoms with Gasteiger partial charge in [0.2, 0.25) is 0 Å². The summed E-state index contributed by atoms with van der Waals surface area (Å²) in [6.07, 6.45) is 2.56. The Kier molecular flexibility index (Phi) is 2.49. The summed E-state index contributed by atoms with van der Waals surface area (Å²) in [5.41, 5.74) is 0.689. The molecule has 6 heteroatoms. The van der Waals surface area contributed by atoms with Gasteiger partial charge in [-0.05, 0) is 30.9 Å². The summed E-state index contributed by atoms with van der Waals surface area (Å²) in [4.78, 5) is 0. The number of aromatic nitrogens is 4. The van der Waals surface area contributed by atoms with Crippen molar-refractivity contribution in [3.05, 3.63) is 23.1 Å². The van der Waals surface area contributed by atoms with Crippen LogP contribution in [0.25, 0.3) is 5.65 Å². The molecule has 2 heterocycles. The third kappa shape index (κ3) is 2.01. The fraction of sp³-hybridized carbons (Fsp3) is 0.500. The van der Waals surface area contributed by atoms with Crippen LogP contribution < -0.4 is 0 Å². The molecule has 84 valence electrons. The first-order valence-electron chi connectivity index (χ1n) is 5.27. The van der Waals surface area contributed by atoms with Crippen molar-refractivity contribution in [1.29, 1.82) is 0 Å². The highest BCUT2D eigenvalue weighted by Crippen LogP contribution is 2.28. The molecule has 1 saturated carbocycles. The quantitative estimate of drug-likeness (QED) is 0.814. The van der Waals surface area contributed by atoms with Gasteiger partial charge >= 0.3 is 0 Å². The second-order valence-electron chi connectivity index (χ2n) is 4.00. The van der Waals surface area contributed by atoms with Gasteiger partial charge in [-0.25, -0.2) is 0 Å². The lowest BCUT2D eigenvalue weighted by Gasteiger charge is -2.00. The van der Waals surface area contributed by atoms with E-state index in [9.17, 15) is 0 Å². The van der Waals surface area contributed by atoms with Crippen LogP contribution in [0, 0.1) is 5.92 Å². The van der Waals surface area contributed by atoms with Crippen molar-refractivity contribution in [2.45, 2.75) is 19.4 Å². The summed E-state index contributed by atoms with van der Waals surface area (Å²) in [6.45, 7) is 1.24. The molecule has 1 aliphatic rings. The van der Waals surface area contributed by atoms with Crippen molar-refractivity contribution >= 4 is 17.2 Å². The molecule has 3 rings (SSSR count). The zero-order chi connectivity index (χ0) is 11.0. The Morgan fingerprint density at radius 1 is 1.38 bits per heavy atom. The highest BCUT2D eigenvalue weighted by molar-refractivity contribution is 6.29. The second kappa shape index (κ2) is 3.99. The molecule has 0 N–H and O–H groups in total. The molecule has 0 radical (unpaired) electrons. The van der Waals surface area contributed by atoms with E-state index < -0.39 is 0 Å². The van der Waals surface area contributed by atoms with Gasteiger partial charge in [0.05, 0.1) is 0 Å². The molecule has 0 aliphatic heterocycles. The molecule has 0 aromatic carbocycles. The highest BCUT2D eigenvalue weighted by atomic mass is 35.5. The Hall–Kier alpha value is -1.20. The van der Waals surface area contributed by atoms with Crippen LogP contribution in [0.2, 0.25) is 5.15 Å². The van der Waals surface area contributed by atoms with Crippen LogP contribution in [0.15, 0.2) is 12.1 Å². The maximum absolute atomic E-state index is 5.81. The van der Waals surface area contributed by atoms with Crippen LogP contribution in [0.1, 0.15) is 18.7 Å². The van der Waals surface area contributed by atoms with E-state index in [0.29, 0.717) is 23.2 Å². The lowest BCUT2D eigenvalue weighted by molar-refractivity contribution is 0.105. The summed E-state index contributed by atoms with van der Waals surface area (Å²) >= 11 is 5.81. The van der Waals surface area contributed by atoms with E-state index >= 15 is 0 Å². The Bertz CT molecular complexity index is 508. The van der Waals surface area contributed by atoms with Crippen molar-refractivity contribution in [3.8, 4) is 0 Å². The van der Waals surface area contributed by atoms with Gasteiger partial charge in [0, 0.05) is 6.61 Å². The molecular weight excluding hydrogens is 228 g/mol. The number of hydrogen-bond acceptors (Lipinski definition) is 4. The van der Waals surface area contributed by atoms with Crippen LogP contribution in [-0.4, -0.2) is 26.4 Å². The maximum Gasteiger partial charge on any atom is 0.180 e. The monoisotopic (exact) mass is 238 g/mol. The number of halogens is 1. The van der Waals surface area contributed by atoms with Crippen molar-refractivity contribution in [2.75, 3.05) is 6.61 Å². The number of ether oxygens (including phenoxy) is 1. The normalized spacial score (nSPS) is 15.8. The zero-order valence-corrected chi connectivity index (χ0v) is 9.39. The number of rotatable bonds is 4. The summed E-state index contributed by atoms with van der Waals surface area (Å²) in [5.74, 6) is 1.44. The van der Waals surface area contributed by atoms with Gasteiger partial charge < -0.3 is 4.74 Å². The summed E-state index contributed by atoms with van der Waals surface area (Å²) < 4.78 is 7.16. The topological polar surface area (TPSA) is 52.3 Å². The largest absolute Gasteiger partial charge is 0.373 e. The number of hydrogen-bond donors (Lipinski definition) is 0. The molecule has 2 aromatic rings. The average molecular weight is 239 g/mol. The molecular formula is C10H11ClN4O. The maximum atomic E-state index is 5.81. The Balaban J connectivity index is 1.76. The van der Waals surface area contributed by atoms with Gasteiger partial charge in [-0.3, -0.25) is 0 Å². The predicted molar refractivity (Wildman–Crippen MR) is 58.2 cm³/mol. The van der Waals surface area contributed by atoms with E-state index in [4.69, 9.17) is 16.3 Å². The lowest BCUT2D eigenvalue weighted by Crippen LogP contribution is -2.03. The molecule has 1 aliphatic carbocycles. The van der Waals surface area contributed by atoms with Gasteiger partial charge in [-0.15, -0.1) is 10.2 Å². The highest BCUT2D eigenvalue weighted by Gasteiger charge is 2.21. The van der Waals surface area contributed by atoms with Crippen LogP contribution in [0.4, 0.5) is 0 Å². The van der Waals surface area contributed by atoms with Crippen LogP contribution in [0.3, 0.4) is 0 Å². The first-order chi connectivity index (χ1) is 7.83. The van der Waals surface area contributed by atoms with Gasteiger partial charge in [0.25, 0.3) is 0 Å². The fourth-order valence-electron chi connectivity index (χ4n) is 1.50. The minimum Gasteiger partial charge on any atom is -0.373 e. The fourth-order valence-corrected chi connectivity index (χ4v) is 1.64. The smallest absolute Gasteiger partial charge is 0.180 e. The lowest BCUT2D eigenvalue weighted by atomic mass is 10.5. The zero-order valence-electron chi connectivity index (χ0n) is 8.64. The first kappa shape index (κ1) is 9.99. The molecule has 0 amide bonds. The second-order valence-corrected chi connectivity index (χ2v) is 4.39.